The molecule has 0 bridgehead atoms. The normalized spacial score (nSPS) is 15.4. The summed E-state index contributed by atoms with van der Waals surface area (Å²) in [4.78, 5) is 4.90. The van der Waals surface area contributed by atoms with Gasteiger partial charge in [-0.25, -0.2) is 0 Å². The van der Waals surface area contributed by atoms with Gasteiger partial charge in [0, 0.05) is 39.3 Å². The van der Waals surface area contributed by atoms with Gasteiger partial charge in [0.1, 0.15) is 0 Å². The molecule has 1 saturated carbocycles. The molecule has 308 valence electrons. The molecule has 1 unspecified atom stereocenters. The van der Waals surface area contributed by atoms with Crippen LogP contribution < -0.4 is 9.80 Å². The topological polar surface area (TPSA) is 6.48 Å². The summed E-state index contributed by atoms with van der Waals surface area (Å²) in [6, 6.07) is 66.2. The molecular weight excluding hydrogens is 737 g/mol. The van der Waals surface area contributed by atoms with Gasteiger partial charge in [-0.2, -0.15) is 0 Å². The van der Waals surface area contributed by atoms with Crippen LogP contribution >= 0.6 is 0 Å². The van der Waals surface area contributed by atoms with E-state index < -0.39 is 0 Å². The van der Waals surface area contributed by atoms with Gasteiger partial charge in [-0.15, -0.1) is 0 Å². The van der Waals surface area contributed by atoms with Crippen molar-refractivity contribution in [3.05, 3.63) is 204 Å². The summed E-state index contributed by atoms with van der Waals surface area (Å²) in [5.41, 5.74) is 16.7. The molecule has 0 aromatic heterocycles. The summed E-state index contributed by atoms with van der Waals surface area (Å²) in [5, 5.41) is 0. The molecule has 2 nitrogen and oxygen atoms in total. The van der Waals surface area contributed by atoms with E-state index in [2.05, 4.69) is 213 Å². The van der Waals surface area contributed by atoms with E-state index in [0.29, 0.717) is 5.92 Å². The largest absolute Gasteiger partial charge is 0.311 e. The van der Waals surface area contributed by atoms with E-state index in [1.54, 1.807) is 0 Å². The Morgan fingerprint density at radius 3 is 1.57 bits per heavy atom. The minimum atomic E-state index is -0.137. The van der Waals surface area contributed by atoms with Crippen molar-refractivity contribution < 1.29 is 0 Å². The van der Waals surface area contributed by atoms with Gasteiger partial charge >= 0.3 is 0 Å². The smallest absolute Gasteiger partial charge is 0.0508 e. The summed E-state index contributed by atoms with van der Waals surface area (Å²) in [5.74, 6) is 0.675. The van der Waals surface area contributed by atoms with Crippen molar-refractivity contribution >= 4 is 34.1 Å². The zero-order chi connectivity index (χ0) is 41.8. The number of hydrogen-bond acceptors (Lipinski definition) is 2. The number of benzene rings is 7. The van der Waals surface area contributed by atoms with Crippen molar-refractivity contribution in [3.63, 3.8) is 0 Å². The summed E-state index contributed by atoms with van der Waals surface area (Å²) in [6.45, 7) is 9.52. The highest BCUT2D eigenvalue weighted by atomic mass is 15.1. The minimum Gasteiger partial charge on any atom is -0.311 e. The van der Waals surface area contributed by atoms with E-state index in [9.17, 15) is 0 Å². The maximum atomic E-state index is 2.54. The van der Waals surface area contributed by atoms with E-state index in [1.807, 2.05) is 0 Å². The predicted molar refractivity (Wildman–Crippen MR) is 261 cm³/mol. The maximum absolute atomic E-state index is 2.54. The first-order chi connectivity index (χ1) is 29.9. The highest BCUT2D eigenvalue weighted by Gasteiger charge is 2.39. The minimum absolute atomic E-state index is 0.110. The van der Waals surface area contributed by atoms with E-state index >= 15 is 0 Å². The summed E-state index contributed by atoms with van der Waals surface area (Å²) in [6.07, 6.45) is 12.5. The van der Waals surface area contributed by atoms with Crippen LogP contribution in [0.2, 0.25) is 0 Å². The third-order valence-electron chi connectivity index (χ3n) is 14.2. The number of anilines is 6. The first-order valence-corrected chi connectivity index (χ1v) is 23.2. The number of hydrogen-bond donors (Lipinski definition) is 0. The van der Waals surface area contributed by atoms with Crippen molar-refractivity contribution in [1.29, 1.82) is 0 Å². The first-order valence-electron chi connectivity index (χ1n) is 23.2. The fourth-order valence-corrected chi connectivity index (χ4v) is 10.9. The van der Waals surface area contributed by atoms with Crippen molar-refractivity contribution in [2.75, 3.05) is 9.80 Å². The quantitative estimate of drug-likeness (QED) is 0.101. The Hall–Kier alpha value is -5.86. The molecule has 0 radical (unpaired) electrons. The SMILES string of the molecule is CCCCCC(CC)(c1ccc(N(c2ccccc2)c2ccccc2)cc1)c1ccc(N(c2ccc(C3CCCCC3)cc2)c2cccc3c2C(C)(C)c2ccccc2-3)cc1. The molecule has 0 saturated heterocycles. The zero-order valence-electron chi connectivity index (χ0n) is 36.8. The second-order valence-electron chi connectivity index (χ2n) is 18.1. The number of rotatable bonds is 14. The number of unbranched alkanes of at least 4 members (excludes halogenated alkanes) is 2. The highest BCUT2D eigenvalue weighted by molar-refractivity contribution is 5.90. The fourth-order valence-electron chi connectivity index (χ4n) is 10.9. The molecule has 7 aromatic rings. The standard InChI is InChI=1S/C59H62N2/c1-5-7-19-43-59(6-2,46-33-39-50(40-34-46)60(48-23-13-9-14-24-48)49-25-15-10-16-26-49)47-35-41-52(42-36-47)61(51-37-31-45(32-38-51)44-21-11-8-12-22-44)56-30-20-28-54-53-27-17-18-29-55(53)58(3,4)57(54)56/h9-10,13-18,20,23-42,44H,5-8,11-12,19,21-22,43H2,1-4H3. The van der Waals surface area contributed by atoms with Gasteiger partial charge in [0.05, 0.1) is 5.69 Å². The van der Waals surface area contributed by atoms with Gasteiger partial charge in [-0.1, -0.05) is 175 Å². The molecule has 0 aliphatic heterocycles. The second kappa shape index (κ2) is 17.6. The molecule has 9 rings (SSSR count). The third-order valence-corrected chi connectivity index (χ3v) is 14.2. The van der Waals surface area contributed by atoms with E-state index in [-0.39, 0.29) is 10.8 Å². The van der Waals surface area contributed by atoms with Crippen LogP contribution in [0.4, 0.5) is 34.1 Å². The molecule has 0 N–H and O–H groups in total. The van der Waals surface area contributed by atoms with Crippen molar-refractivity contribution in [1.82, 2.24) is 0 Å². The predicted octanol–water partition coefficient (Wildman–Crippen LogP) is 17.3. The van der Waals surface area contributed by atoms with Gasteiger partial charge in [0.2, 0.25) is 0 Å². The van der Waals surface area contributed by atoms with Crippen LogP contribution in [-0.2, 0) is 10.8 Å². The highest BCUT2D eigenvalue weighted by Crippen LogP contribution is 2.54. The Kier molecular flexibility index (Phi) is 11.7. The van der Waals surface area contributed by atoms with Crippen molar-refractivity contribution in [3.8, 4) is 11.1 Å². The molecule has 0 heterocycles. The lowest BCUT2D eigenvalue weighted by atomic mass is 9.69. The Morgan fingerprint density at radius 1 is 0.492 bits per heavy atom. The van der Waals surface area contributed by atoms with E-state index in [4.69, 9.17) is 0 Å². The third kappa shape index (κ3) is 7.71. The van der Waals surface area contributed by atoms with Crippen LogP contribution in [-0.4, -0.2) is 0 Å². The second-order valence-corrected chi connectivity index (χ2v) is 18.1. The zero-order valence-corrected chi connectivity index (χ0v) is 36.8. The van der Waals surface area contributed by atoms with Gasteiger partial charge < -0.3 is 9.80 Å². The van der Waals surface area contributed by atoms with E-state index in [0.717, 1.165) is 24.2 Å². The number of nitrogens with zero attached hydrogens (tertiary/aromatic N) is 2. The Balaban J connectivity index is 1.12. The lowest BCUT2D eigenvalue weighted by Gasteiger charge is -2.36. The molecule has 2 heteroatoms. The maximum Gasteiger partial charge on any atom is 0.0508 e. The van der Waals surface area contributed by atoms with Crippen LogP contribution in [0.5, 0.6) is 0 Å². The fraction of sp³-hybridized carbons (Fsp3) is 0.288. The van der Waals surface area contributed by atoms with Gasteiger partial charge in [0.15, 0.2) is 0 Å². The van der Waals surface area contributed by atoms with Crippen LogP contribution in [0.1, 0.15) is 126 Å². The Morgan fingerprint density at radius 2 is 1.00 bits per heavy atom. The Bertz CT molecular complexity index is 2470. The van der Waals surface area contributed by atoms with Gasteiger partial charge in [-0.3, -0.25) is 0 Å². The van der Waals surface area contributed by atoms with Crippen LogP contribution in [0, 0.1) is 0 Å². The lowest BCUT2D eigenvalue weighted by molar-refractivity contribution is 0.431. The Labute approximate surface area is 365 Å². The van der Waals surface area contributed by atoms with Gasteiger partial charge in [-0.05, 0) is 137 Å². The average molecular weight is 799 g/mol. The molecule has 0 spiro atoms. The van der Waals surface area contributed by atoms with Crippen molar-refractivity contribution in [2.45, 2.75) is 109 Å². The lowest BCUT2D eigenvalue weighted by Crippen LogP contribution is -2.27. The number of para-hydroxylation sites is 2. The molecule has 2 aliphatic rings. The molecular formula is C59H62N2. The van der Waals surface area contributed by atoms with Gasteiger partial charge in [0.25, 0.3) is 0 Å². The molecule has 1 atom stereocenters. The van der Waals surface area contributed by atoms with Crippen LogP contribution in [0.15, 0.2) is 176 Å². The van der Waals surface area contributed by atoms with Crippen LogP contribution in [0.3, 0.4) is 0 Å². The van der Waals surface area contributed by atoms with Crippen LogP contribution in [0.25, 0.3) is 11.1 Å². The number of fused-ring (bicyclic) bond motifs is 3. The molecule has 2 aliphatic carbocycles. The average Bonchev–Trinajstić information content (AvgIpc) is 3.56. The molecule has 7 aromatic carbocycles. The molecule has 0 amide bonds. The van der Waals surface area contributed by atoms with Crippen molar-refractivity contribution in [2.24, 2.45) is 0 Å². The summed E-state index contributed by atoms with van der Waals surface area (Å²) >= 11 is 0. The van der Waals surface area contributed by atoms with E-state index in [1.165, 1.54) is 113 Å². The molecule has 61 heavy (non-hydrogen) atoms. The summed E-state index contributed by atoms with van der Waals surface area (Å²) < 4.78 is 0. The summed E-state index contributed by atoms with van der Waals surface area (Å²) in [7, 11) is 0. The molecule has 1 fully saturated rings. The monoisotopic (exact) mass is 798 g/mol. The first kappa shape index (κ1) is 40.5.